The first kappa shape index (κ1) is 15.2. The fourth-order valence-electron chi connectivity index (χ4n) is 2.06. The van der Waals surface area contributed by atoms with Crippen molar-refractivity contribution < 1.29 is 17.4 Å². The van der Waals surface area contributed by atoms with Gasteiger partial charge in [0, 0.05) is 46.6 Å². The highest BCUT2D eigenvalue weighted by Crippen LogP contribution is 2.33. The van der Waals surface area contributed by atoms with Gasteiger partial charge in [-0.3, -0.25) is 4.21 Å². The summed E-state index contributed by atoms with van der Waals surface area (Å²) in [5, 5.41) is 0. The van der Waals surface area contributed by atoms with Crippen LogP contribution in [0.5, 0.6) is 0 Å². The van der Waals surface area contributed by atoms with Crippen LogP contribution in [0, 0.1) is 0 Å². The number of nitrogens with zero attached hydrogens (tertiary/aromatic N) is 1. The Bertz CT molecular complexity index is 550. The molecule has 1 fully saturated rings. The van der Waals surface area contributed by atoms with Crippen molar-refractivity contribution in [1.29, 1.82) is 0 Å². The minimum Gasteiger partial charge on any atom is -0.389 e. The van der Waals surface area contributed by atoms with Gasteiger partial charge < -0.3 is 10.6 Å². The van der Waals surface area contributed by atoms with Crippen molar-refractivity contribution >= 4 is 33.7 Å². The monoisotopic (exact) mass is 322 g/mol. The number of thiocarbonyl (C=S) groups is 1. The molecule has 1 aliphatic rings. The molecule has 0 spiro atoms. The Labute approximate surface area is 122 Å². The summed E-state index contributed by atoms with van der Waals surface area (Å²) in [6, 6.07) is 3.37. The van der Waals surface area contributed by atoms with Crippen LogP contribution in [-0.4, -0.2) is 33.8 Å². The number of benzene rings is 1. The highest BCUT2D eigenvalue weighted by Gasteiger charge is 2.32. The maximum absolute atomic E-state index is 12.7. The summed E-state index contributed by atoms with van der Waals surface area (Å²) in [6.45, 7) is 1.04. The lowest BCUT2D eigenvalue weighted by Crippen LogP contribution is -2.38. The van der Waals surface area contributed by atoms with E-state index in [1.165, 1.54) is 6.07 Å². The molecule has 1 saturated heterocycles. The first-order valence-electron chi connectivity index (χ1n) is 5.90. The van der Waals surface area contributed by atoms with Crippen LogP contribution in [0.15, 0.2) is 18.2 Å². The second kappa shape index (κ2) is 5.69. The molecule has 0 amide bonds. The van der Waals surface area contributed by atoms with E-state index in [1.54, 1.807) is 0 Å². The quantitative estimate of drug-likeness (QED) is 0.845. The summed E-state index contributed by atoms with van der Waals surface area (Å²) in [4.78, 5) is 1.80. The third kappa shape index (κ3) is 3.29. The Morgan fingerprint density at radius 1 is 1.30 bits per heavy atom. The normalized spacial score (nSPS) is 17.2. The van der Waals surface area contributed by atoms with Gasteiger partial charge in [-0.2, -0.15) is 13.2 Å². The van der Waals surface area contributed by atoms with E-state index in [0.29, 0.717) is 30.3 Å². The van der Waals surface area contributed by atoms with Crippen LogP contribution in [0.1, 0.15) is 11.1 Å². The standard InChI is InChI=1S/C12H13F3N2OS2/c13-12(14,15)8-1-2-10(9(7-8)11(16)19)17-3-5-20(18)6-4-17/h1-2,7H,3-6H2,(H2,16,19). The van der Waals surface area contributed by atoms with Gasteiger partial charge in [-0.25, -0.2) is 0 Å². The summed E-state index contributed by atoms with van der Waals surface area (Å²) < 4.78 is 49.5. The molecule has 20 heavy (non-hydrogen) atoms. The molecule has 3 nitrogen and oxygen atoms in total. The van der Waals surface area contributed by atoms with Gasteiger partial charge in [0.05, 0.1) is 5.56 Å². The molecule has 0 radical (unpaired) electrons. The maximum Gasteiger partial charge on any atom is 0.416 e. The number of rotatable bonds is 2. The van der Waals surface area contributed by atoms with Crippen molar-refractivity contribution in [3.05, 3.63) is 29.3 Å². The summed E-state index contributed by atoms with van der Waals surface area (Å²) in [6.07, 6.45) is -4.43. The van der Waals surface area contributed by atoms with E-state index in [2.05, 4.69) is 0 Å². The number of nitrogens with two attached hydrogens (primary N) is 1. The Kier molecular flexibility index (Phi) is 4.33. The Balaban J connectivity index is 2.38. The van der Waals surface area contributed by atoms with E-state index in [0.717, 1.165) is 12.1 Å². The molecule has 2 N–H and O–H groups in total. The van der Waals surface area contributed by atoms with E-state index < -0.39 is 22.5 Å². The van der Waals surface area contributed by atoms with Crippen molar-refractivity contribution in [2.24, 2.45) is 5.73 Å². The predicted molar refractivity (Wildman–Crippen MR) is 77.4 cm³/mol. The number of hydrogen-bond donors (Lipinski definition) is 1. The predicted octanol–water partition coefficient (Wildman–Crippen LogP) is 1.91. The molecule has 1 aromatic carbocycles. The SMILES string of the molecule is NC(=S)c1cc(C(F)(F)F)ccc1N1CCS(=O)CC1. The number of anilines is 1. The highest BCUT2D eigenvalue weighted by atomic mass is 32.2. The number of halogens is 3. The fraction of sp³-hybridized carbons (Fsp3) is 0.417. The molecule has 110 valence electrons. The third-order valence-electron chi connectivity index (χ3n) is 3.11. The average Bonchev–Trinajstić information content (AvgIpc) is 2.38. The lowest BCUT2D eigenvalue weighted by Gasteiger charge is -2.30. The molecule has 0 aliphatic carbocycles. The van der Waals surface area contributed by atoms with Crippen molar-refractivity contribution in [3.63, 3.8) is 0 Å². The first-order valence-corrected chi connectivity index (χ1v) is 7.79. The van der Waals surface area contributed by atoms with E-state index in [1.807, 2.05) is 4.90 Å². The van der Waals surface area contributed by atoms with E-state index in [-0.39, 0.29) is 10.6 Å². The molecule has 0 aromatic heterocycles. The summed E-state index contributed by atoms with van der Waals surface area (Å²) in [5.74, 6) is 0.996. The number of alkyl halides is 3. The summed E-state index contributed by atoms with van der Waals surface area (Å²) in [7, 11) is -0.856. The average molecular weight is 322 g/mol. The molecule has 0 bridgehead atoms. The summed E-state index contributed by atoms with van der Waals surface area (Å²) in [5.41, 5.74) is 5.55. The largest absolute Gasteiger partial charge is 0.416 e. The molecule has 0 saturated carbocycles. The molecular formula is C12H13F3N2OS2. The Morgan fingerprint density at radius 2 is 1.90 bits per heavy atom. The van der Waals surface area contributed by atoms with Crippen LogP contribution in [0.4, 0.5) is 18.9 Å². The van der Waals surface area contributed by atoms with Gasteiger partial charge in [0.15, 0.2) is 0 Å². The van der Waals surface area contributed by atoms with Crippen LogP contribution < -0.4 is 10.6 Å². The van der Waals surface area contributed by atoms with Gasteiger partial charge in [-0.1, -0.05) is 12.2 Å². The van der Waals surface area contributed by atoms with Crippen molar-refractivity contribution in [3.8, 4) is 0 Å². The van der Waals surface area contributed by atoms with Crippen LogP contribution in [-0.2, 0) is 17.0 Å². The molecule has 1 aromatic rings. The van der Waals surface area contributed by atoms with Crippen molar-refractivity contribution in [1.82, 2.24) is 0 Å². The van der Waals surface area contributed by atoms with Gasteiger partial charge in [-0.05, 0) is 18.2 Å². The van der Waals surface area contributed by atoms with Crippen molar-refractivity contribution in [2.45, 2.75) is 6.18 Å². The second-order valence-electron chi connectivity index (χ2n) is 4.43. The zero-order valence-corrected chi connectivity index (χ0v) is 12.1. The molecule has 1 heterocycles. The zero-order valence-electron chi connectivity index (χ0n) is 10.4. The van der Waals surface area contributed by atoms with Crippen molar-refractivity contribution in [2.75, 3.05) is 29.5 Å². The van der Waals surface area contributed by atoms with Gasteiger partial charge >= 0.3 is 6.18 Å². The van der Waals surface area contributed by atoms with Crippen LogP contribution in [0.2, 0.25) is 0 Å². The minimum atomic E-state index is -4.43. The van der Waals surface area contributed by atoms with Gasteiger partial charge in [0.2, 0.25) is 0 Å². The third-order valence-corrected chi connectivity index (χ3v) is 4.60. The van der Waals surface area contributed by atoms with Gasteiger partial charge in [0.25, 0.3) is 0 Å². The van der Waals surface area contributed by atoms with Crippen LogP contribution in [0.3, 0.4) is 0 Å². The first-order chi connectivity index (χ1) is 9.29. The lowest BCUT2D eigenvalue weighted by atomic mass is 10.1. The van der Waals surface area contributed by atoms with Gasteiger partial charge in [-0.15, -0.1) is 0 Å². The molecule has 0 atom stereocenters. The Morgan fingerprint density at radius 3 is 2.40 bits per heavy atom. The van der Waals surface area contributed by atoms with E-state index >= 15 is 0 Å². The lowest BCUT2D eigenvalue weighted by molar-refractivity contribution is -0.137. The smallest absolute Gasteiger partial charge is 0.389 e. The minimum absolute atomic E-state index is 0.0715. The van der Waals surface area contributed by atoms with E-state index in [9.17, 15) is 17.4 Å². The number of hydrogen-bond acceptors (Lipinski definition) is 3. The Hall–Kier alpha value is -1.15. The molecule has 8 heteroatoms. The van der Waals surface area contributed by atoms with Crippen LogP contribution in [0.25, 0.3) is 0 Å². The molecule has 0 unspecified atom stereocenters. The second-order valence-corrected chi connectivity index (χ2v) is 6.57. The topological polar surface area (TPSA) is 46.3 Å². The highest BCUT2D eigenvalue weighted by molar-refractivity contribution is 7.85. The molecule has 1 aliphatic heterocycles. The molecule has 2 rings (SSSR count). The fourth-order valence-corrected chi connectivity index (χ4v) is 3.28. The maximum atomic E-state index is 12.7. The zero-order chi connectivity index (χ0) is 14.9. The van der Waals surface area contributed by atoms with Gasteiger partial charge in [0.1, 0.15) is 4.99 Å². The van der Waals surface area contributed by atoms with E-state index in [4.69, 9.17) is 18.0 Å². The molecular weight excluding hydrogens is 309 g/mol. The van der Waals surface area contributed by atoms with Crippen LogP contribution >= 0.6 is 12.2 Å². The summed E-state index contributed by atoms with van der Waals surface area (Å²) >= 11 is 4.85.